The fourth-order valence-corrected chi connectivity index (χ4v) is 4.20. The van der Waals surface area contributed by atoms with Gasteiger partial charge in [0.05, 0.1) is 19.3 Å². The first-order valence-electron chi connectivity index (χ1n) is 9.59. The molecule has 2 aliphatic rings. The summed E-state index contributed by atoms with van der Waals surface area (Å²) in [6, 6.07) is 6.43. The van der Waals surface area contributed by atoms with Gasteiger partial charge in [-0.25, -0.2) is 4.79 Å². The van der Waals surface area contributed by atoms with Crippen molar-refractivity contribution < 1.29 is 29.0 Å². The molecule has 0 saturated carbocycles. The van der Waals surface area contributed by atoms with E-state index in [2.05, 4.69) is 5.32 Å². The zero-order chi connectivity index (χ0) is 21.3. The fourth-order valence-electron chi connectivity index (χ4n) is 4.20. The number of Topliss-reactive ketones (excluding diaryl/α,β-unsaturated/α-hetero) is 1. The monoisotopic (exact) mass is 399 g/mol. The van der Waals surface area contributed by atoms with Gasteiger partial charge in [-0.05, 0) is 43.9 Å². The van der Waals surface area contributed by atoms with Crippen molar-refractivity contribution in [3.05, 3.63) is 52.4 Å². The van der Waals surface area contributed by atoms with Crippen molar-refractivity contribution in [3.63, 3.8) is 0 Å². The van der Waals surface area contributed by atoms with Gasteiger partial charge >= 0.3 is 11.9 Å². The SMILES string of the molecule is CCOC(=O)C1=C(C)NC2=C(C(=O)[C@@H](C(=O)OC)[C@H](C)C2)[C@@H]1c1cccc(O)c1. The maximum Gasteiger partial charge on any atom is 0.336 e. The van der Waals surface area contributed by atoms with Crippen LogP contribution in [0.25, 0.3) is 0 Å². The van der Waals surface area contributed by atoms with E-state index in [1.807, 2.05) is 6.92 Å². The van der Waals surface area contributed by atoms with Crippen LogP contribution in [0, 0.1) is 11.8 Å². The first-order valence-corrected chi connectivity index (χ1v) is 9.59. The number of phenols is 1. The molecule has 2 N–H and O–H groups in total. The number of hydrogen-bond acceptors (Lipinski definition) is 7. The Hall–Kier alpha value is -3.09. The number of ether oxygens (including phenoxy) is 2. The predicted octanol–water partition coefficient (Wildman–Crippen LogP) is 2.57. The Kier molecular flexibility index (Phi) is 5.77. The summed E-state index contributed by atoms with van der Waals surface area (Å²) in [4.78, 5) is 38.5. The van der Waals surface area contributed by atoms with Crippen LogP contribution in [0.4, 0.5) is 0 Å². The van der Waals surface area contributed by atoms with Crippen LogP contribution in [0.3, 0.4) is 0 Å². The Labute approximate surface area is 169 Å². The minimum Gasteiger partial charge on any atom is -0.508 e. The normalized spacial score (nSPS) is 24.0. The quantitative estimate of drug-likeness (QED) is 0.593. The Morgan fingerprint density at radius 2 is 2.03 bits per heavy atom. The van der Waals surface area contributed by atoms with E-state index in [1.165, 1.54) is 19.2 Å². The zero-order valence-corrected chi connectivity index (χ0v) is 16.9. The molecule has 0 amide bonds. The second-order valence-electron chi connectivity index (χ2n) is 7.35. The Balaban J connectivity index is 2.19. The highest BCUT2D eigenvalue weighted by Gasteiger charge is 2.47. The minimum absolute atomic E-state index is 0.0187. The van der Waals surface area contributed by atoms with Crippen molar-refractivity contribution in [3.8, 4) is 5.75 Å². The van der Waals surface area contributed by atoms with Gasteiger partial charge in [-0.3, -0.25) is 9.59 Å². The topological polar surface area (TPSA) is 102 Å². The van der Waals surface area contributed by atoms with Crippen LogP contribution in [-0.2, 0) is 23.9 Å². The summed E-state index contributed by atoms with van der Waals surface area (Å²) < 4.78 is 10.1. The number of phenolic OH excluding ortho intramolecular Hbond substituents is 1. The van der Waals surface area contributed by atoms with Gasteiger partial charge in [-0.15, -0.1) is 0 Å². The molecular formula is C22H25NO6. The van der Waals surface area contributed by atoms with Crippen LogP contribution in [0.2, 0.25) is 0 Å². The summed E-state index contributed by atoms with van der Waals surface area (Å²) in [5.74, 6) is -3.42. The van der Waals surface area contributed by atoms with Crippen molar-refractivity contribution in [2.75, 3.05) is 13.7 Å². The van der Waals surface area contributed by atoms with E-state index in [4.69, 9.17) is 9.47 Å². The maximum absolute atomic E-state index is 13.4. The first-order chi connectivity index (χ1) is 13.8. The second kappa shape index (κ2) is 8.11. The number of nitrogens with one attached hydrogen (secondary N) is 1. The average molecular weight is 399 g/mol. The third kappa shape index (κ3) is 3.64. The molecule has 0 bridgehead atoms. The second-order valence-corrected chi connectivity index (χ2v) is 7.35. The fraction of sp³-hybridized carbons (Fsp3) is 0.409. The minimum atomic E-state index is -0.942. The van der Waals surface area contributed by atoms with E-state index in [-0.39, 0.29) is 24.1 Å². The van der Waals surface area contributed by atoms with Gasteiger partial charge < -0.3 is 19.9 Å². The number of allylic oxidation sites excluding steroid dienone is 3. The highest BCUT2D eigenvalue weighted by molar-refractivity contribution is 6.12. The largest absolute Gasteiger partial charge is 0.508 e. The summed E-state index contributed by atoms with van der Waals surface area (Å²) >= 11 is 0. The van der Waals surface area contributed by atoms with Crippen molar-refractivity contribution in [1.82, 2.24) is 5.32 Å². The van der Waals surface area contributed by atoms with Crippen LogP contribution in [0.15, 0.2) is 46.8 Å². The number of carbonyl (C=O) groups is 3. The third-order valence-electron chi connectivity index (χ3n) is 5.44. The van der Waals surface area contributed by atoms with E-state index in [9.17, 15) is 19.5 Å². The number of carbonyl (C=O) groups excluding carboxylic acids is 3. The molecule has 7 heteroatoms. The van der Waals surface area contributed by atoms with Gasteiger partial charge in [0.25, 0.3) is 0 Å². The molecule has 1 aliphatic carbocycles. The number of methoxy groups -OCH3 is 1. The van der Waals surface area contributed by atoms with Gasteiger partial charge in [-0.1, -0.05) is 19.1 Å². The molecule has 0 saturated heterocycles. The van der Waals surface area contributed by atoms with E-state index in [0.717, 1.165) is 0 Å². The summed E-state index contributed by atoms with van der Waals surface area (Å²) in [6.45, 7) is 5.48. The lowest BCUT2D eigenvalue weighted by molar-refractivity contribution is -0.151. The Morgan fingerprint density at radius 3 is 2.66 bits per heavy atom. The highest BCUT2D eigenvalue weighted by atomic mass is 16.5. The van der Waals surface area contributed by atoms with Crippen LogP contribution in [-0.4, -0.2) is 36.5 Å². The van der Waals surface area contributed by atoms with E-state index in [0.29, 0.717) is 34.5 Å². The highest BCUT2D eigenvalue weighted by Crippen LogP contribution is 2.45. The maximum atomic E-state index is 13.4. The molecule has 1 aliphatic heterocycles. The molecule has 3 atom stereocenters. The van der Waals surface area contributed by atoms with Crippen LogP contribution in [0.5, 0.6) is 5.75 Å². The van der Waals surface area contributed by atoms with Crippen LogP contribution < -0.4 is 5.32 Å². The van der Waals surface area contributed by atoms with E-state index in [1.54, 1.807) is 26.0 Å². The smallest absolute Gasteiger partial charge is 0.336 e. The molecule has 29 heavy (non-hydrogen) atoms. The first kappa shape index (κ1) is 20.6. The molecule has 1 heterocycles. The van der Waals surface area contributed by atoms with Gasteiger partial charge in [-0.2, -0.15) is 0 Å². The van der Waals surface area contributed by atoms with Crippen LogP contribution in [0.1, 0.15) is 38.7 Å². The third-order valence-corrected chi connectivity index (χ3v) is 5.44. The summed E-state index contributed by atoms with van der Waals surface area (Å²) in [5.41, 5.74) is 2.49. The van der Waals surface area contributed by atoms with Crippen molar-refractivity contribution in [2.24, 2.45) is 11.8 Å². The van der Waals surface area contributed by atoms with Crippen molar-refractivity contribution >= 4 is 17.7 Å². The number of hydrogen-bond donors (Lipinski definition) is 2. The summed E-state index contributed by atoms with van der Waals surface area (Å²) in [6.07, 6.45) is 0.462. The summed E-state index contributed by atoms with van der Waals surface area (Å²) in [7, 11) is 1.26. The molecule has 0 radical (unpaired) electrons. The number of ketones is 1. The van der Waals surface area contributed by atoms with Gasteiger partial charge in [0.15, 0.2) is 5.78 Å². The molecule has 1 aromatic rings. The molecule has 0 fully saturated rings. The number of esters is 2. The van der Waals surface area contributed by atoms with Crippen molar-refractivity contribution in [1.29, 1.82) is 0 Å². The Bertz CT molecular complexity index is 929. The molecule has 154 valence electrons. The number of aromatic hydroxyl groups is 1. The van der Waals surface area contributed by atoms with E-state index >= 15 is 0 Å². The number of benzene rings is 1. The molecule has 3 rings (SSSR count). The lowest BCUT2D eigenvalue weighted by Gasteiger charge is -2.38. The summed E-state index contributed by atoms with van der Waals surface area (Å²) in [5, 5.41) is 13.2. The lowest BCUT2D eigenvalue weighted by atomic mass is 9.69. The van der Waals surface area contributed by atoms with Gasteiger partial charge in [0.1, 0.15) is 11.7 Å². The standard InChI is InChI=1S/C22H25NO6/c1-5-29-22(27)17-12(3)23-15-9-11(2)16(21(26)28-4)20(25)19(15)18(17)13-7-6-8-14(24)10-13/h6-8,10-11,16,18,23-24H,5,9H2,1-4H3/t11-,16+,18-/m1/s1. The molecule has 1 aromatic carbocycles. The Morgan fingerprint density at radius 1 is 1.31 bits per heavy atom. The molecule has 0 spiro atoms. The van der Waals surface area contributed by atoms with E-state index < -0.39 is 23.8 Å². The predicted molar refractivity (Wildman–Crippen MR) is 105 cm³/mol. The molecule has 7 nitrogen and oxygen atoms in total. The molecular weight excluding hydrogens is 374 g/mol. The van der Waals surface area contributed by atoms with Crippen molar-refractivity contribution in [2.45, 2.75) is 33.1 Å². The lowest BCUT2D eigenvalue weighted by Crippen LogP contribution is -2.43. The van der Waals surface area contributed by atoms with Gasteiger partial charge in [0, 0.05) is 22.9 Å². The number of rotatable bonds is 4. The van der Waals surface area contributed by atoms with Crippen LogP contribution >= 0.6 is 0 Å². The molecule has 0 aromatic heterocycles. The average Bonchev–Trinajstić information content (AvgIpc) is 2.66. The zero-order valence-electron chi connectivity index (χ0n) is 16.9. The number of dihydropyridines is 1. The van der Waals surface area contributed by atoms with Gasteiger partial charge in [0.2, 0.25) is 0 Å². The molecule has 0 unspecified atom stereocenters.